The van der Waals surface area contributed by atoms with Crippen molar-refractivity contribution in [3.8, 4) is 11.5 Å². The first-order chi connectivity index (χ1) is 13.5. The minimum Gasteiger partial charge on any atom is -0.504 e. The SMILES string of the molecule is CCOc1cc(/C=C(\Cl)c2nnc(C(=O)Nc3ccc(F)cc3)s2)ccc1O. The van der Waals surface area contributed by atoms with Crippen LogP contribution in [0.3, 0.4) is 0 Å². The number of aromatic nitrogens is 2. The van der Waals surface area contributed by atoms with Crippen LogP contribution >= 0.6 is 22.9 Å². The Morgan fingerprint density at radius 3 is 2.68 bits per heavy atom. The number of amides is 1. The number of carbonyl (C=O) groups is 1. The van der Waals surface area contributed by atoms with Crippen molar-refractivity contribution in [2.45, 2.75) is 6.92 Å². The zero-order valence-electron chi connectivity index (χ0n) is 14.6. The minimum atomic E-state index is -0.469. The highest BCUT2D eigenvalue weighted by molar-refractivity contribution is 7.15. The third-order valence-corrected chi connectivity index (χ3v) is 4.86. The third-order valence-electron chi connectivity index (χ3n) is 3.50. The van der Waals surface area contributed by atoms with Crippen LogP contribution in [-0.4, -0.2) is 27.8 Å². The summed E-state index contributed by atoms with van der Waals surface area (Å²) in [5.41, 5.74) is 1.14. The van der Waals surface area contributed by atoms with Crippen molar-refractivity contribution in [2.24, 2.45) is 0 Å². The molecule has 144 valence electrons. The maximum atomic E-state index is 12.9. The smallest absolute Gasteiger partial charge is 0.286 e. The van der Waals surface area contributed by atoms with Gasteiger partial charge >= 0.3 is 0 Å². The fourth-order valence-corrected chi connectivity index (χ4v) is 3.16. The summed E-state index contributed by atoms with van der Waals surface area (Å²) in [6, 6.07) is 10.2. The molecule has 6 nitrogen and oxygen atoms in total. The number of carbonyl (C=O) groups excluding carboxylic acids is 1. The summed E-state index contributed by atoms with van der Waals surface area (Å²) in [5, 5.41) is 20.9. The molecule has 0 bridgehead atoms. The number of benzene rings is 2. The van der Waals surface area contributed by atoms with E-state index in [9.17, 15) is 14.3 Å². The van der Waals surface area contributed by atoms with Crippen molar-refractivity contribution < 1.29 is 19.0 Å². The maximum absolute atomic E-state index is 12.9. The van der Waals surface area contributed by atoms with Crippen LogP contribution in [0.25, 0.3) is 11.1 Å². The second kappa shape index (κ2) is 8.81. The summed E-state index contributed by atoms with van der Waals surface area (Å²) in [6.45, 7) is 2.23. The van der Waals surface area contributed by atoms with Crippen LogP contribution in [0.5, 0.6) is 11.5 Å². The van der Waals surface area contributed by atoms with Crippen LogP contribution in [0.2, 0.25) is 0 Å². The summed E-state index contributed by atoms with van der Waals surface area (Å²) < 4.78 is 18.3. The molecule has 3 aromatic rings. The molecule has 0 fully saturated rings. The van der Waals surface area contributed by atoms with Crippen LogP contribution in [0.15, 0.2) is 42.5 Å². The molecule has 0 aliphatic heterocycles. The highest BCUT2D eigenvalue weighted by Crippen LogP contribution is 2.30. The lowest BCUT2D eigenvalue weighted by atomic mass is 10.2. The van der Waals surface area contributed by atoms with Gasteiger partial charge in [-0.1, -0.05) is 29.0 Å². The number of phenolic OH excluding ortho intramolecular Hbond substituents is 1. The fourth-order valence-electron chi connectivity index (χ4n) is 2.23. The Hall–Kier alpha value is -2.97. The molecule has 1 amide bonds. The van der Waals surface area contributed by atoms with Crippen molar-refractivity contribution in [3.63, 3.8) is 0 Å². The number of rotatable bonds is 6. The van der Waals surface area contributed by atoms with Crippen LogP contribution in [-0.2, 0) is 0 Å². The fraction of sp³-hybridized carbons (Fsp3) is 0.105. The van der Waals surface area contributed by atoms with E-state index < -0.39 is 11.7 Å². The molecule has 0 spiro atoms. The zero-order valence-corrected chi connectivity index (χ0v) is 16.2. The third kappa shape index (κ3) is 4.85. The molecule has 9 heteroatoms. The van der Waals surface area contributed by atoms with Gasteiger partial charge in [-0.25, -0.2) is 4.39 Å². The molecule has 0 atom stereocenters. The van der Waals surface area contributed by atoms with Crippen LogP contribution < -0.4 is 10.1 Å². The van der Waals surface area contributed by atoms with Gasteiger partial charge in [0.25, 0.3) is 5.91 Å². The van der Waals surface area contributed by atoms with Gasteiger partial charge < -0.3 is 15.2 Å². The predicted molar refractivity (Wildman–Crippen MR) is 107 cm³/mol. The van der Waals surface area contributed by atoms with E-state index in [2.05, 4.69) is 15.5 Å². The number of phenols is 1. The van der Waals surface area contributed by atoms with E-state index in [-0.39, 0.29) is 15.8 Å². The molecule has 1 heterocycles. The molecule has 3 rings (SSSR count). The van der Waals surface area contributed by atoms with E-state index in [1.165, 1.54) is 30.3 Å². The normalized spacial score (nSPS) is 11.3. The Kier molecular flexibility index (Phi) is 6.23. The molecule has 0 saturated carbocycles. The van der Waals surface area contributed by atoms with E-state index in [0.29, 0.717) is 28.6 Å². The Morgan fingerprint density at radius 2 is 1.96 bits per heavy atom. The van der Waals surface area contributed by atoms with Gasteiger partial charge in [-0.2, -0.15) is 0 Å². The lowest BCUT2D eigenvalue weighted by Crippen LogP contribution is -2.11. The standard InChI is InChI=1S/C19H15ClFN3O3S/c1-2-27-16-10-11(3-8-15(16)25)9-14(20)18-23-24-19(28-18)17(26)22-13-6-4-12(21)5-7-13/h3-10,25H,2H2,1H3,(H,22,26)/b14-9-. The molecular formula is C19H15ClFN3O3S. The number of ether oxygens (including phenoxy) is 1. The van der Waals surface area contributed by atoms with E-state index in [1.54, 1.807) is 18.2 Å². The van der Waals surface area contributed by atoms with Crippen LogP contribution in [0.4, 0.5) is 10.1 Å². The summed E-state index contributed by atoms with van der Waals surface area (Å²) >= 11 is 7.32. The largest absolute Gasteiger partial charge is 0.504 e. The molecule has 2 aromatic carbocycles. The number of nitrogens with one attached hydrogen (secondary N) is 1. The minimum absolute atomic E-state index is 0.0331. The van der Waals surface area contributed by atoms with Crippen molar-refractivity contribution in [1.29, 1.82) is 0 Å². The number of hydrogen-bond acceptors (Lipinski definition) is 6. The molecule has 1 aromatic heterocycles. The molecule has 2 N–H and O–H groups in total. The van der Waals surface area contributed by atoms with E-state index >= 15 is 0 Å². The van der Waals surface area contributed by atoms with Gasteiger partial charge in [0, 0.05) is 5.69 Å². The highest BCUT2D eigenvalue weighted by Gasteiger charge is 2.15. The average molecular weight is 420 g/mol. The quantitative estimate of drug-likeness (QED) is 0.601. The molecule has 0 saturated heterocycles. The van der Waals surface area contributed by atoms with Gasteiger partial charge in [-0.15, -0.1) is 10.2 Å². The van der Waals surface area contributed by atoms with Gasteiger partial charge in [0.05, 0.1) is 11.6 Å². The second-order valence-corrected chi connectivity index (χ2v) is 6.91. The Balaban J connectivity index is 1.75. The van der Waals surface area contributed by atoms with Gasteiger partial charge in [0.1, 0.15) is 5.82 Å². The van der Waals surface area contributed by atoms with Crippen molar-refractivity contribution in [1.82, 2.24) is 10.2 Å². The van der Waals surface area contributed by atoms with Gasteiger partial charge in [-0.05, 0) is 55.0 Å². The molecule has 0 unspecified atom stereocenters. The van der Waals surface area contributed by atoms with Crippen molar-refractivity contribution in [3.05, 3.63) is 63.9 Å². The van der Waals surface area contributed by atoms with Gasteiger partial charge in [0.2, 0.25) is 5.01 Å². The molecule has 0 radical (unpaired) electrons. The summed E-state index contributed by atoms with van der Waals surface area (Å²) in [6.07, 6.45) is 1.63. The van der Waals surface area contributed by atoms with Gasteiger partial charge in [0.15, 0.2) is 16.5 Å². The Morgan fingerprint density at radius 1 is 1.25 bits per heavy atom. The number of aromatic hydroxyl groups is 1. The number of halogens is 2. The first kappa shape index (κ1) is 19.8. The summed E-state index contributed by atoms with van der Waals surface area (Å²) in [4.78, 5) is 12.2. The first-order valence-corrected chi connectivity index (χ1v) is 9.39. The van der Waals surface area contributed by atoms with Gasteiger partial charge in [-0.3, -0.25) is 4.79 Å². The van der Waals surface area contributed by atoms with Crippen molar-refractivity contribution in [2.75, 3.05) is 11.9 Å². The van der Waals surface area contributed by atoms with E-state index in [0.717, 1.165) is 11.3 Å². The number of hydrogen-bond donors (Lipinski definition) is 2. The van der Waals surface area contributed by atoms with E-state index in [1.807, 2.05) is 6.92 Å². The lowest BCUT2D eigenvalue weighted by molar-refractivity contribution is 0.102. The molecule has 28 heavy (non-hydrogen) atoms. The second-order valence-electron chi connectivity index (χ2n) is 5.53. The molecular weight excluding hydrogens is 405 g/mol. The van der Waals surface area contributed by atoms with Crippen molar-refractivity contribution >= 4 is 45.6 Å². The molecule has 0 aliphatic rings. The number of nitrogens with zero attached hydrogens (tertiary/aromatic N) is 2. The summed E-state index contributed by atoms with van der Waals surface area (Å²) in [5.74, 6) is -0.485. The maximum Gasteiger partial charge on any atom is 0.286 e. The number of anilines is 1. The Bertz CT molecular complexity index is 1020. The topological polar surface area (TPSA) is 84.3 Å². The van der Waals surface area contributed by atoms with Crippen LogP contribution in [0.1, 0.15) is 27.3 Å². The zero-order chi connectivity index (χ0) is 20.1. The lowest BCUT2D eigenvalue weighted by Gasteiger charge is -2.06. The average Bonchev–Trinajstić information content (AvgIpc) is 3.17. The monoisotopic (exact) mass is 419 g/mol. The van der Waals surface area contributed by atoms with Crippen LogP contribution in [0, 0.1) is 5.82 Å². The van der Waals surface area contributed by atoms with E-state index in [4.69, 9.17) is 16.3 Å². The first-order valence-electron chi connectivity index (χ1n) is 8.20. The highest BCUT2D eigenvalue weighted by atomic mass is 35.5. The molecule has 0 aliphatic carbocycles. The predicted octanol–water partition coefficient (Wildman–Crippen LogP) is 4.77. The Labute approximate surface area is 169 Å². The summed E-state index contributed by atoms with van der Waals surface area (Å²) in [7, 11) is 0.